The quantitative estimate of drug-likeness (QED) is 0.263. The van der Waals surface area contributed by atoms with Gasteiger partial charge in [0.25, 0.3) is 5.91 Å². The van der Waals surface area contributed by atoms with Crippen molar-refractivity contribution in [3.63, 3.8) is 0 Å². The fourth-order valence-electron chi connectivity index (χ4n) is 3.16. The highest BCUT2D eigenvalue weighted by Gasteiger charge is 2.20. The van der Waals surface area contributed by atoms with Gasteiger partial charge in [-0.3, -0.25) is 10.1 Å². The Morgan fingerprint density at radius 2 is 1.51 bits per heavy atom. The van der Waals surface area contributed by atoms with Gasteiger partial charge in [0.1, 0.15) is 5.76 Å². The first-order valence-electron chi connectivity index (χ1n) is 11.4. The highest BCUT2D eigenvalue weighted by molar-refractivity contribution is 6.04. The van der Waals surface area contributed by atoms with E-state index in [1.165, 1.54) is 7.11 Å². The van der Waals surface area contributed by atoms with Crippen molar-refractivity contribution in [2.75, 3.05) is 28.4 Å². The molecule has 0 bridgehead atoms. The fraction of sp³-hybridized carbons (Fsp3) is 0.192. The van der Waals surface area contributed by atoms with E-state index in [1.807, 2.05) is 20.8 Å². The van der Waals surface area contributed by atoms with Gasteiger partial charge in [0, 0.05) is 46.4 Å². The predicted octanol–water partition coefficient (Wildman–Crippen LogP) is 5.41. The molecule has 190 valence electrons. The van der Waals surface area contributed by atoms with E-state index in [0.29, 0.717) is 40.3 Å². The number of benzene rings is 2. The predicted molar refractivity (Wildman–Crippen MR) is 141 cm³/mol. The van der Waals surface area contributed by atoms with Crippen LogP contribution in [0.1, 0.15) is 36.9 Å². The summed E-state index contributed by atoms with van der Waals surface area (Å²) in [4.78, 5) is 33.2. The largest absolute Gasteiger partial charge is 0.481 e. The van der Waals surface area contributed by atoms with Gasteiger partial charge in [0.2, 0.25) is 11.8 Å². The second kappa shape index (κ2) is 10.8. The fourth-order valence-corrected chi connectivity index (χ4v) is 3.16. The molecule has 4 N–H and O–H groups in total. The van der Waals surface area contributed by atoms with Gasteiger partial charge in [-0.15, -0.1) is 0 Å². The molecule has 0 atom stereocenters. The van der Waals surface area contributed by atoms with Crippen LogP contribution >= 0.6 is 0 Å². The molecule has 11 nitrogen and oxygen atoms in total. The Labute approximate surface area is 213 Å². The van der Waals surface area contributed by atoms with E-state index in [0.717, 1.165) is 5.69 Å². The van der Waals surface area contributed by atoms with Gasteiger partial charge in [0.15, 0.2) is 5.82 Å². The summed E-state index contributed by atoms with van der Waals surface area (Å²) in [7, 11) is 1.53. The SMILES string of the molecule is COc1ccnc(Nc2ccc(C(=O)Nc3ccc(NC(=O)Nc4cc(C(C)(C)C)on4)cc3)cc2)n1. The smallest absolute Gasteiger partial charge is 0.324 e. The third-order valence-corrected chi connectivity index (χ3v) is 5.13. The number of nitrogens with zero attached hydrogens (tertiary/aromatic N) is 3. The average Bonchev–Trinajstić information content (AvgIpc) is 3.35. The zero-order chi connectivity index (χ0) is 26.4. The van der Waals surface area contributed by atoms with Crippen LogP contribution in [0.5, 0.6) is 5.88 Å². The lowest BCUT2D eigenvalue weighted by molar-refractivity contribution is 0.102. The van der Waals surface area contributed by atoms with Crippen LogP contribution in [-0.2, 0) is 5.41 Å². The number of aromatic nitrogens is 3. The normalized spacial score (nSPS) is 10.9. The van der Waals surface area contributed by atoms with Gasteiger partial charge in [-0.1, -0.05) is 25.9 Å². The number of methoxy groups -OCH3 is 1. The summed E-state index contributed by atoms with van der Waals surface area (Å²) < 4.78 is 10.4. The molecule has 0 radical (unpaired) electrons. The number of hydrogen-bond acceptors (Lipinski definition) is 8. The minimum absolute atomic E-state index is 0.214. The van der Waals surface area contributed by atoms with E-state index in [9.17, 15) is 9.59 Å². The molecule has 0 unspecified atom stereocenters. The number of amides is 3. The molecule has 2 aromatic heterocycles. The Bertz CT molecular complexity index is 1380. The molecule has 0 aliphatic rings. The van der Waals surface area contributed by atoms with Gasteiger partial charge in [-0.2, -0.15) is 4.98 Å². The molecule has 2 aromatic carbocycles. The van der Waals surface area contributed by atoms with Crippen molar-refractivity contribution in [1.29, 1.82) is 0 Å². The summed E-state index contributed by atoms with van der Waals surface area (Å²) in [5.74, 6) is 1.54. The van der Waals surface area contributed by atoms with Crippen LogP contribution in [-0.4, -0.2) is 34.2 Å². The van der Waals surface area contributed by atoms with Crippen LogP contribution in [0.4, 0.5) is 33.6 Å². The maximum Gasteiger partial charge on any atom is 0.324 e. The third-order valence-electron chi connectivity index (χ3n) is 5.13. The molecule has 0 saturated heterocycles. The molecule has 2 heterocycles. The topological polar surface area (TPSA) is 143 Å². The molecule has 37 heavy (non-hydrogen) atoms. The van der Waals surface area contributed by atoms with Crippen LogP contribution < -0.4 is 26.0 Å². The van der Waals surface area contributed by atoms with Crippen molar-refractivity contribution < 1.29 is 18.8 Å². The van der Waals surface area contributed by atoms with Crippen LogP contribution in [0, 0.1) is 0 Å². The summed E-state index contributed by atoms with van der Waals surface area (Å²) in [6.07, 6.45) is 1.59. The number of urea groups is 1. The molecule has 0 aliphatic heterocycles. The molecular weight excluding hydrogens is 474 g/mol. The maximum atomic E-state index is 12.6. The molecule has 0 aliphatic carbocycles. The van der Waals surface area contributed by atoms with Gasteiger partial charge >= 0.3 is 6.03 Å². The number of anilines is 5. The Morgan fingerprint density at radius 1 is 0.865 bits per heavy atom. The lowest BCUT2D eigenvalue weighted by Gasteiger charge is -2.12. The maximum absolute atomic E-state index is 12.6. The zero-order valence-corrected chi connectivity index (χ0v) is 20.8. The van der Waals surface area contributed by atoms with Crippen LogP contribution in [0.15, 0.2) is 71.4 Å². The molecular formula is C26H27N7O4. The number of ether oxygens (including phenoxy) is 1. The number of carbonyl (C=O) groups is 2. The monoisotopic (exact) mass is 501 g/mol. The summed E-state index contributed by atoms with van der Waals surface area (Å²) in [6, 6.07) is 16.5. The number of carbonyl (C=O) groups excluding carboxylic acids is 2. The highest BCUT2D eigenvalue weighted by atomic mass is 16.5. The van der Waals surface area contributed by atoms with Crippen molar-refractivity contribution >= 4 is 40.8 Å². The molecule has 0 saturated carbocycles. The van der Waals surface area contributed by atoms with Gasteiger partial charge in [0.05, 0.1) is 7.11 Å². The Morgan fingerprint density at radius 3 is 2.14 bits per heavy atom. The van der Waals surface area contributed by atoms with Gasteiger partial charge in [-0.05, 0) is 48.5 Å². The van der Waals surface area contributed by atoms with Crippen molar-refractivity contribution in [2.24, 2.45) is 0 Å². The molecule has 4 rings (SSSR count). The Hall–Kier alpha value is -4.93. The highest BCUT2D eigenvalue weighted by Crippen LogP contribution is 2.24. The van der Waals surface area contributed by atoms with E-state index < -0.39 is 6.03 Å². The number of rotatable bonds is 7. The number of nitrogens with one attached hydrogen (secondary N) is 4. The molecule has 4 aromatic rings. The van der Waals surface area contributed by atoms with Crippen molar-refractivity contribution in [2.45, 2.75) is 26.2 Å². The van der Waals surface area contributed by atoms with E-state index >= 15 is 0 Å². The molecule has 3 amide bonds. The van der Waals surface area contributed by atoms with Crippen LogP contribution in [0.25, 0.3) is 0 Å². The first kappa shape index (κ1) is 25.2. The Balaban J connectivity index is 1.29. The van der Waals surface area contributed by atoms with Crippen molar-refractivity contribution in [3.8, 4) is 5.88 Å². The minimum atomic E-state index is -0.460. The summed E-state index contributed by atoms with van der Waals surface area (Å²) >= 11 is 0. The average molecular weight is 502 g/mol. The lowest BCUT2D eigenvalue weighted by Crippen LogP contribution is -2.19. The van der Waals surface area contributed by atoms with Crippen LogP contribution in [0.2, 0.25) is 0 Å². The minimum Gasteiger partial charge on any atom is -0.481 e. The van der Waals surface area contributed by atoms with Gasteiger partial charge in [-0.25, -0.2) is 9.78 Å². The first-order chi connectivity index (χ1) is 17.7. The van der Waals surface area contributed by atoms with Crippen molar-refractivity contribution in [1.82, 2.24) is 15.1 Å². The summed E-state index contributed by atoms with van der Waals surface area (Å²) in [5.41, 5.74) is 2.10. The number of hydrogen-bond donors (Lipinski definition) is 4. The lowest BCUT2D eigenvalue weighted by atomic mass is 9.93. The molecule has 0 fully saturated rings. The standard InChI is InChI=1S/C26H27N7O4/c1-26(2,3)20-15-21(33-37-20)31-25(35)30-19-11-9-17(10-12-19)28-23(34)16-5-7-18(8-6-16)29-24-27-14-13-22(32-24)36-4/h5-15H,1-4H3,(H,28,34)(H,27,29,32)(H2,30,31,33,35). The molecule has 0 spiro atoms. The van der Waals surface area contributed by atoms with Crippen LogP contribution in [0.3, 0.4) is 0 Å². The van der Waals surface area contributed by atoms with E-state index in [4.69, 9.17) is 9.26 Å². The zero-order valence-electron chi connectivity index (χ0n) is 20.8. The third kappa shape index (κ3) is 6.82. The van der Waals surface area contributed by atoms with E-state index in [2.05, 4.69) is 36.4 Å². The Kier molecular flexibility index (Phi) is 7.33. The van der Waals surface area contributed by atoms with E-state index in [-0.39, 0.29) is 11.3 Å². The molecule has 11 heteroatoms. The first-order valence-corrected chi connectivity index (χ1v) is 11.4. The second-order valence-corrected chi connectivity index (χ2v) is 9.06. The van der Waals surface area contributed by atoms with E-state index in [1.54, 1.807) is 66.9 Å². The second-order valence-electron chi connectivity index (χ2n) is 9.06. The summed E-state index contributed by atoms with van der Waals surface area (Å²) in [5, 5.41) is 15.1. The van der Waals surface area contributed by atoms with Gasteiger partial charge < -0.3 is 25.2 Å². The summed E-state index contributed by atoms with van der Waals surface area (Å²) in [6.45, 7) is 5.97. The van der Waals surface area contributed by atoms with Crippen molar-refractivity contribution in [3.05, 3.63) is 78.2 Å².